The zero-order valence-electron chi connectivity index (χ0n) is 6.02. The van der Waals surface area contributed by atoms with Crippen molar-refractivity contribution < 1.29 is 0 Å². The van der Waals surface area contributed by atoms with Crippen LogP contribution in [0.25, 0.3) is 0 Å². The van der Waals surface area contributed by atoms with Gasteiger partial charge in [-0.2, -0.15) is 0 Å². The second-order valence-electron chi connectivity index (χ2n) is 3.23. The minimum absolute atomic E-state index is 0.322. The Morgan fingerprint density at radius 2 is 2.22 bits per heavy atom. The molecule has 2 radical (unpaired) electrons. The van der Waals surface area contributed by atoms with Gasteiger partial charge in [-0.15, -0.1) is 5.47 Å². The molecule has 0 heterocycles. The Morgan fingerprint density at radius 1 is 1.56 bits per heavy atom. The molecule has 0 N–H and O–H groups in total. The van der Waals surface area contributed by atoms with Gasteiger partial charge in [0.05, 0.1) is 0 Å². The van der Waals surface area contributed by atoms with Gasteiger partial charge in [-0.1, -0.05) is 32.1 Å². The molecular weight excluding hydrogens is 107 g/mol. The minimum Gasteiger partial charge on any atom is -0.101 e. The lowest BCUT2D eigenvalue weighted by molar-refractivity contribution is 0.483. The van der Waals surface area contributed by atoms with Crippen molar-refractivity contribution >= 4 is 7.85 Å². The van der Waals surface area contributed by atoms with Gasteiger partial charge in [0.1, 0.15) is 7.85 Å². The Morgan fingerprint density at radius 3 is 2.56 bits per heavy atom. The third kappa shape index (κ3) is 1.74. The van der Waals surface area contributed by atoms with E-state index >= 15 is 0 Å². The second-order valence-corrected chi connectivity index (χ2v) is 3.23. The molecule has 0 saturated heterocycles. The van der Waals surface area contributed by atoms with E-state index < -0.39 is 0 Å². The summed E-state index contributed by atoms with van der Waals surface area (Å²) in [5.74, 6) is 0. The van der Waals surface area contributed by atoms with Crippen molar-refractivity contribution in [2.24, 2.45) is 5.41 Å². The predicted octanol–water partition coefficient (Wildman–Crippen LogP) is 2.02. The van der Waals surface area contributed by atoms with Crippen LogP contribution in [-0.2, 0) is 0 Å². The lowest BCUT2D eigenvalue weighted by atomic mass is 9.79. The van der Waals surface area contributed by atoms with Gasteiger partial charge in [0.25, 0.3) is 0 Å². The van der Waals surface area contributed by atoms with Crippen LogP contribution < -0.4 is 0 Å². The maximum absolute atomic E-state index is 5.53. The molecule has 0 aromatic rings. The van der Waals surface area contributed by atoms with Gasteiger partial charge in [-0.3, -0.25) is 0 Å². The van der Waals surface area contributed by atoms with E-state index in [1.807, 2.05) is 6.08 Å². The van der Waals surface area contributed by atoms with Crippen LogP contribution in [0.5, 0.6) is 0 Å². The number of rotatable bonds is 0. The molecule has 0 nitrogen and oxygen atoms in total. The summed E-state index contributed by atoms with van der Waals surface area (Å²) < 4.78 is 0. The first-order chi connectivity index (χ1) is 4.10. The van der Waals surface area contributed by atoms with Gasteiger partial charge in [0.15, 0.2) is 0 Å². The van der Waals surface area contributed by atoms with Crippen molar-refractivity contribution in [1.82, 2.24) is 0 Å². The van der Waals surface area contributed by atoms with E-state index in [-0.39, 0.29) is 0 Å². The van der Waals surface area contributed by atoms with E-state index in [9.17, 15) is 0 Å². The number of allylic oxidation sites excluding steroid dienone is 4. The van der Waals surface area contributed by atoms with Crippen molar-refractivity contribution in [2.75, 3.05) is 0 Å². The Bertz CT molecular complexity index is 163. The highest BCUT2D eigenvalue weighted by molar-refractivity contribution is 6.23. The molecule has 1 aliphatic carbocycles. The van der Waals surface area contributed by atoms with E-state index in [1.165, 1.54) is 0 Å². The SMILES string of the molecule is [B]C1=CCC(C)(C)C=C1. The minimum atomic E-state index is 0.322. The first-order valence-electron chi connectivity index (χ1n) is 3.25. The van der Waals surface area contributed by atoms with E-state index in [0.29, 0.717) is 5.41 Å². The van der Waals surface area contributed by atoms with Crippen molar-refractivity contribution in [3.63, 3.8) is 0 Å². The Labute approximate surface area is 58.1 Å². The van der Waals surface area contributed by atoms with Crippen LogP contribution in [0.4, 0.5) is 0 Å². The smallest absolute Gasteiger partial charge is 0.101 e. The average Bonchev–Trinajstić information content (AvgIpc) is 1.78. The fourth-order valence-electron chi connectivity index (χ4n) is 0.839. The van der Waals surface area contributed by atoms with E-state index in [1.54, 1.807) is 0 Å². The summed E-state index contributed by atoms with van der Waals surface area (Å²) in [6, 6.07) is 0. The lowest BCUT2D eigenvalue weighted by Gasteiger charge is -2.21. The second kappa shape index (κ2) is 2.05. The van der Waals surface area contributed by atoms with Crippen LogP contribution in [0.1, 0.15) is 20.3 Å². The van der Waals surface area contributed by atoms with Crippen LogP contribution in [0.2, 0.25) is 0 Å². The Hall–Kier alpha value is -0.455. The summed E-state index contributed by atoms with van der Waals surface area (Å²) in [5.41, 5.74) is 1.22. The molecule has 9 heavy (non-hydrogen) atoms. The molecular formula is C8H11B. The molecule has 0 aromatic carbocycles. The zero-order chi connectivity index (χ0) is 6.91. The summed E-state index contributed by atoms with van der Waals surface area (Å²) in [6.45, 7) is 4.40. The van der Waals surface area contributed by atoms with Gasteiger partial charge < -0.3 is 0 Å². The van der Waals surface area contributed by atoms with Gasteiger partial charge in [-0.25, -0.2) is 0 Å². The van der Waals surface area contributed by atoms with Crippen molar-refractivity contribution in [2.45, 2.75) is 20.3 Å². The molecule has 0 aromatic heterocycles. The first kappa shape index (κ1) is 6.66. The molecule has 0 aliphatic heterocycles. The monoisotopic (exact) mass is 118 g/mol. The van der Waals surface area contributed by atoms with E-state index in [0.717, 1.165) is 11.9 Å². The fraction of sp³-hybridized carbons (Fsp3) is 0.500. The molecule has 0 bridgehead atoms. The highest BCUT2D eigenvalue weighted by Crippen LogP contribution is 2.26. The lowest BCUT2D eigenvalue weighted by Crippen LogP contribution is -2.08. The van der Waals surface area contributed by atoms with Gasteiger partial charge >= 0.3 is 0 Å². The quantitative estimate of drug-likeness (QED) is 0.427. The molecule has 0 spiro atoms. The summed E-state index contributed by atoms with van der Waals surface area (Å²) in [7, 11) is 5.53. The van der Waals surface area contributed by atoms with Crippen LogP contribution in [0, 0.1) is 5.41 Å². The maximum atomic E-state index is 5.53. The predicted molar refractivity (Wildman–Crippen MR) is 41.4 cm³/mol. The topological polar surface area (TPSA) is 0 Å². The standard InChI is InChI=1S/C8H11B/c1-8(2)5-3-7(9)4-6-8/h3-5H,6H2,1-2H3. The third-order valence-electron chi connectivity index (χ3n) is 1.59. The molecule has 0 amide bonds. The molecule has 1 rings (SSSR count). The summed E-state index contributed by atoms with van der Waals surface area (Å²) in [6.07, 6.45) is 7.27. The molecule has 0 unspecified atom stereocenters. The largest absolute Gasteiger partial charge is 0.113 e. The normalized spacial score (nSPS) is 23.6. The Balaban J connectivity index is 2.70. The van der Waals surface area contributed by atoms with Crippen LogP contribution in [0.3, 0.4) is 0 Å². The van der Waals surface area contributed by atoms with Crippen molar-refractivity contribution in [3.05, 3.63) is 23.7 Å². The molecule has 1 heteroatoms. The van der Waals surface area contributed by atoms with Gasteiger partial charge in [0, 0.05) is 0 Å². The average molecular weight is 118 g/mol. The molecule has 0 atom stereocenters. The van der Waals surface area contributed by atoms with Crippen molar-refractivity contribution in [1.29, 1.82) is 0 Å². The van der Waals surface area contributed by atoms with Gasteiger partial charge in [0.2, 0.25) is 0 Å². The van der Waals surface area contributed by atoms with E-state index in [2.05, 4.69) is 26.0 Å². The number of hydrogen-bond donors (Lipinski definition) is 0. The molecule has 1 aliphatic rings. The van der Waals surface area contributed by atoms with Crippen LogP contribution in [-0.4, -0.2) is 7.85 Å². The van der Waals surface area contributed by atoms with E-state index in [4.69, 9.17) is 7.85 Å². The Kier molecular flexibility index (Phi) is 1.52. The first-order valence-corrected chi connectivity index (χ1v) is 3.25. The van der Waals surface area contributed by atoms with Crippen LogP contribution >= 0.6 is 0 Å². The summed E-state index contributed by atoms with van der Waals surface area (Å²) in [4.78, 5) is 0. The number of hydrogen-bond acceptors (Lipinski definition) is 0. The fourth-order valence-corrected chi connectivity index (χ4v) is 0.839. The molecule has 46 valence electrons. The van der Waals surface area contributed by atoms with Gasteiger partial charge in [-0.05, 0) is 11.8 Å². The zero-order valence-corrected chi connectivity index (χ0v) is 6.02. The molecule has 0 saturated carbocycles. The third-order valence-corrected chi connectivity index (χ3v) is 1.59. The highest BCUT2D eigenvalue weighted by Gasteiger charge is 2.13. The maximum Gasteiger partial charge on any atom is 0.113 e. The van der Waals surface area contributed by atoms with Crippen molar-refractivity contribution in [3.8, 4) is 0 Å². The highest BCUT2D eigenvalue weighted by atomic mass is 14.2. The van der Waals surface area contributed by atoms with Crippen LogP contribution in [0.15, 0.2) is 23.7 Å². The summed E-state index contributed by atoms with van der Waals surface area (Å²) in [5, 5.41) is 0. The molecule has 0 fully saturated rings. The summed E-state index contributed by atoms with van der Waals surface area (Å²) >= 11 is 0.